The van der Waals surface area contributed by atoms with Crippen LogP contribution in [0.2, 0.25) is 0 Å². The summed E-state index contributed by atoms with van der Waals surface area (Å²) >= 11 is 0. The highest BCUT2D eigenvalue weighted by atomic mass is 15.1. The molecule has 0 amide bonds. The average Bonchev–Trinajstić information content (AvgIpc) is 2.37. The van der Waals surface area contributed by atoms with Gasteiger partial charge in [0.1, 0.15) is 0 Å². The van der Waals surface area contributed by atoms with E-state index in [4.69, 9.17) is 0 Å². The molecule has 0 fully saturated rings. The summed E-state index contributed by atoms with van der Waals surface area (Å²) in [6.07, 6.45) is 2.05. The number of nitrogens with zero attached hydrogens (tertiary/aromatic N) is 1. The van der Waals surface area contributed by atoms with E-state index in [0.717, 1.165) is 6.54 Å². The van der Waals surface area contributed by atoms with E-state index >= 15 is 0 Å². The van der Waals surface area contributed by atoms with E-state index in [1.54, 1.807) is 0 Å². The van der Waals surface area contributed by atoms with E-state index in [2.05, 4.69) is 69.6 Å². The van der Waals surface area contributed by atoms with Crippen LogP contribution < -0.4 is 0 Å². The molecular weight excluding hydrogens is 206 g/mol. The Morgan fingerprint density at radius 1 is 1.18 bits per heavy atom. The molecule has 0 saturated heterocycles. The SMILES string of the molecule is C=CC(C)C(C)CN(C)C(C)c1ccccc1. The number of allylic oxidation sites excluding steroid dienone is 1. The number of hydrogen-bond donors (Lipinski definition) is 0. The third kappa shape index (κ3) is 4.01. The van der Waals surface area contributed by atoms with Crippen LogP contribution in [0.25, 0.3) is 0 Å². The van der Waals surface area contributed by atoms with Crippen molar-refractivity contribution in [2.24, 2.45) is 11.8 Å². The molecule has 94 valence electrons. The number of rotatable bonds is 6. The Balaban J connectivity index is 2.58. The summed E-state index contributed by atoms with van der Waals surface area (Å²) in [5.74, 6) is 1.21. The second-order valence-corrected chi connectivity index (χ2v) is 5.10. The number of hydrogen-bond acceptors (Lipinski definition) is 1. The molecule has 1 aromatic carbocycles. The van der Waals surface area contributed by atoms with Crippen LogP contribution in [0.3, 0.4) is 0 Å². The molecule has 1 nitrogen and oxygen atoms in total. The Morgan fingerprint density at radius 3 is 2.29 bits per heavy atom. The monoisotopic (exact) mass is 231 g/mol. The molecular formula is C16H25N. The van der Waals surface area contributed by atoms with Gasteiger partial charge < -0.3 is 0 Å². The van der Waals surface area contributed by atoms with Gasteiger partial charge in [-0.1, -0.05) is 50.3 Å². The van der Waals surface area contributed by atoms with Gasteiger partial charge in [0, 0.05) is 12.6 Å². The van der Waals surface area contributed by atoms with Gasteiger partial charge in [-0.2, -0.15) is 0 Å². The topological polar surface area (TPSA) is 3.24 Å². The summed E-state index contributed by atoms with van der Waals surface area (Å²) in [5, 5.41) is 0. The molecule has 0 N–H and O–H groups in total. The molecule has 0 spiro atoms. The predicted molar refractivity (Wildman–Crippen MR) is 76.0 cm³/mol. The fraction of sp³-hybridized carbons (Fsp3) is 0.500. The van der Waals surface area contributed by atoms with E-state index in [9.17, 15) is 0 Å². The average molecular weight is 231 g/mol. The van der Waals surface area contributed by atoms with Gasteiger partial charge in [0.05, 0.1) is 0 Å². The van der Waals surface area contributed by atoms with Gasteiger partial charge in [-0.15, -0.1) is 6.58 Å². The van der Waals surface area contributed by atoms with Crippen LogP contribution >= 0.6 is 0 Å². The van der Waals surface area contributed by atoms with Gasteiger partial charge in [-0.25, -0.2) is 0 Å². The second kappa shape index (κ2) is 6.61. The first-order chi connectivity index (χ1) is 8.06. The molecule has 0 aliphatic rings. The molecule has 17 heavy (non-hydrogen) atoms. The Labute approximate surface area is 106 Å². The zero-order valence-corrected chi connectivity index (χ0v) is 11.6. The van der Waals surface area contributed by atoms with Crippen molar-refractivity contribution in [2.75, 3.05) is 13.6 Å². The standard InChI is InChI=1S/C16H25N/c1-6-13(2)14(3)12-17(5)15(4)16-10-8-7-9-11-16/h6-11,13-15H,1,12H2,2-5H3. The summed E-state index contributed by atoms with van der Waals surface area (Å²) in [4.78, 5) is 2.42. The van der Waals surface area contributed by atoms with E-state index < -0.39 is 0 Å². The van der Waals surface area contributed by atoms with Crippen LogP contribution in [0.1, 0.15) is 32.4 Å². The van der Waals surface area contributed by atoms with Gasteiger partial charge in [-0.05, 0) is 31.4 Å². The summed E-state index contributed by atoms with van der Waals surface area (Å²) < 4.78 is 0. The maximum Gasteiger partial charge on any atom is 0.0316 e. The molecule has 1 rings (SSSR count). The molecule has 1 aromatic rings. The van der Waals surface area contributed by atoms with Crippen LogP contribution in [-0.4, -0.2) is 18.5 Å². The minimum atomic E-state index is 0.468. The van der Waals surface area contributed by atoms with E-state index in [-0.39, 0.29) is 0 Å². The van der Waals surface area contributed by atoms with Crippen LogP contribution in [0, 0.1) is 11.8 Å². The van der Waals surface area contributed by atoms with Gasteiger partial charge in [0.25, 0.3) is 0 Å². The minimum absolute atomic E-state index is 0.468. The lowest BCUT2D eigenvalue weighted by molar-refractivity contribution is 0.209. The van der Waals surface area contributed by atoms with E-state index in [1.165, 1.54) is 5.56 Å². The Morgan fingerprint density at radius 2 is 1.76 bits per heavy atom. The molecule has 0 saturated carbocycles. The van der Waals surface area contributed by atoms with Crippen molar-refractivity contribution in [2.45, 2.75) is 26.8 Å². The van der Waals surface area contributed by atoms with Crippen LogP contribution in [-0.2, 0) is 0 Å². The molecule has 0 aliphatic carbocycles. The van der Waals surface area contributed by atoms with Gasteiger partial charge in [0.2, 0.25) is 0 Å². The van der Waals surface area contributed by atoms with Crippen molar-refractivity contribution in [1.82, 2.24) is 4.90 Å². The predicted octanol–water partition coefficient (Wildman–Crippen LogP) is 4.14. The summed E-state index contributed by atoms with van der Waals surface area (Å²) in [7, 11) is 2.20. The van der Waals surface area contributed by atoms with Gasteiger partial charge in [-0.3, -0.25) is 4.90 Å². The zero-order chi connectivity index (χ0) is 12.8. The molecule has 0 bridgehead atoms. The lowest BCUT2D eigenvalue weighted by atomic mass is 9.95. The molecule has 0 aromatic heterocycles. The lowest BCUT2D eigenvalue weighted by Gasteiger charge is -2.29. The van der Waals surface area contributed by atoms with Crippen LogP contribution in [0.15, 0.2) is 43.0 Å². The Hall–Kier alpha value is -1.08. The third-order valence-corrected chi connectivity index (χ3v) is 3.79. The summed E-state index contributed by atoms with van der Waals surface area (Å²) in [6.45, 7) is 11.8. The first-order valence-electron chi connectivity index (χ1n) is 6.44. The van der Waals surface area contributed by atoms with Crippen molar-refractivity contribution < 1.29 is 0 Å². The van der Waals surface area contributed by atoms with Crippen molar-refractivity contribution >= 4 is 0 Å². The first kappa shape index (κ1) is 14.0. The largest absolute Gasteiger partial charge is 0.299 e. The molecule has 0 heterocycles. The quantitative estimate of drug-likeness (QED) is 0.665. The van der Waals surface area contributed by atoms with Crippen molar-refractivity contribution in [3.63, 3.8) is 0 Å². The normalized spacial score (nSPS) is 16.5. The maximum absolute atomic E-state index is 3.87. The highest BCUT2D eigenvalue weighted by Gasteiger charge is 2.16. The highest BCUT2D eigenvalue weighted by molar-refractivity contribution is 5.18. The van der Waals surface area contributed by atoms with Gasteiger partial charge >= 0.3 is 0 Å². The van der Waals surface area contributed by atoms with Crippen molar-refractivity contribution in [1.29, 1.82) is 0 Å². The third-order valence-electron chi connectivity index (χ3n) is 3.79. The summed E-state index contributed by atoms with van der Waals surface area (Å²) in [5.41, 5.74) is 1.38. The molecule has 0 radical (unpaired) electrons. The fourth-order valence-electron chi connectivity index (χ4n) is 2.00. The van der Waals surface area contributed by atoms with Gasteiger partial charge in [0.15, 0.2) is 0 Å². The van der Waals surface area contributed by atoms with E-state index in [1.807, 2.05) is 6.08 Å². The second-order valence-electron chi connectivity index (χ2n) is 5.10. The Kier molecular flexibility index (Phi) is 5.43. The molecule has 0 aliphatic heterocycles. The Bertz CT molecular complexity index is 331. The number of benzene rings is 1. The zero-order valence-electron chi connectivity index (χ0n) is 11.6. The lowest BCUT2D eigenvalue weighted by Crippen LogP contribution is -2.29. The fourth-order valence-corrected chi connectivity index (χ4v) is 2.00. The van der Waals surface area contributed by atoms with E-state index in [0.29, 0.717) is 17.9 Å². The van der Waals surface area contributed by atoms with Crippen molar-refractivity contribution in [3.8, 4) is 0 Å². The summed E-state index contributed by atoms with van der Waals surface area (Å²) in [6, 6.07) is 11.1. The van der Waals surface area contributed by atoms with Crippen LogP contribution in [0.5, 0.6) is 0 Å². The maximum atomic E-state index is 3.87. The van der Waals surface area contributed by atoms with Crippen LogP contribution in [0.4, 0.5) is 0 Å². The smallest absolute Gasteiger partial charge is 0.0316 e. The highest BCUT2D eigenvalue weighted by Crippen LogP contribution is 2.21. The molecule has 3 unspecified atom stereocenters. The minimum Gasteiger partial charge on any atom is -0.299 e. The van der Waals surface area contributed by atoms with Crippen molar-refractivity contribution in [3.05, 3.63) is 48.6 Å². The molecule has 1 heteroatoms. The molecule has 3 atom stereocenters. The first-order valence-corrected chi connectivity index (χ1v) is 6.44.